The first-order valence-corrected chi connectivity index (χ1v) is 11.5. The maximum atomic E-state index is 12.3. The molecule has 0 radical (unpaired) electrons. The lowest BCUT2D eigenvalue weighted by atomic mass is 10.2. The Morgan fingerprint density at radius 1 is 1.27 bits per heavy atom. The van der Waals surface area contributed by atoms with Crippen LogP contribution < -0.4 is 15.6 Å². The van der Waals surface area contributed by atoms with Gasteiger partial charge in [0.2, 0.25) is 22.9 Å². The fraction of sp³-hybridized carbons (Fsp3) is 0.273. The fourth-order valence-electron chi connectivity index (χ4n) is 3.26. The second-order valence-electron chi connectivity index (χ2n) is 7.34. The van der Waals surface area contributed by atoms with Crippen molar-refractivity contribution in [1.82, 2.24) is 20.2 Å². The number of nitrogens with one attached hydrogen (secondary N) is 3. The van der Waals surface area contributed by atoms with Gasteiger partial charge < -0.3 is 10.2 Å². The van der Waals surface area contributed by atoms with Crippen LogP contribution in [0.15, 0.2) is 58.9 Å². The van der Waals surface area contributed by atoms with Crippen LogP contribution >= 0.6 is 11.8 Å². The number of nitrogens with zero attached hydrogens (tertiary/aromatic N) is 5. The zero-order valence-electron chi connectivity index (χ0n) is 18.1. The summed E-state index contributed by atoms with van der Waals surface area (Å²) in [5, 5.41) is 14.5. The molecule has 1 aliphatic rings. The molecule has 10 nitrogen and oxygen atoms in total. The molecule has 1 aromatic carbocycles. The third-order valence-electron chi connectivity index (χ3n) is 4.91. The maximum Gasteiger partial charge on any atom is 0.240 e. The first kappa shape index (κ1) is 22.5. The Labute approximate surface area is 195 Å². The van der Waals surface area contributed by atoms with Crippen LogP contribution in [0.3, 0.4) is 0 Å². The molecule has 0 atom stereocenters. The van der Waals surface area contributed by atoms with Gasteiger partial charge in [0.15, 0.2) is 0 Å². The zero-order valence-corrected chi connectivity index (χ0v) is 18.9. The van der Waals surface area contributed by atoms with E-state index in [1.165, 1.54) is 11.8 Å². The Morgan fingerprint density at radius 2 is 2.18 bits per heavy atom. The number of aromatic nitrogens is 4. The molecule has 0 spiro atoms. The van der Waals surface area contributed by atoms with Gasteiger partial charge in [-0.2, -0.15) is 10.1 Å². The molecule has 3 heterocycles. The normalized spacial score (nSPS) is 13.9. The SMILES string of the molecule is C/C(=N/Nc1nc(SCCC(=O)Nc2cccc(N3CCCC3=O)c2)n[nH]1)c1ccccn1. The highest BCUT2D eigenvalue weighted by Gasteiger charge is 2.21. The minimum absolute atomic E-state index is 0.114. The van der Waals surface area contributed by atoms with Crippen molar-refractivity contribution in [1.29, 1.82) is 0 Å². The van der Waals surface area contributed by atoms with E-state index in [1.54, 1.807) is 11.1 Å². The van der Waals surface area contributed by atoms with E-state index in [2.05, 4.69) is 36.0 Å². The first-order chi connectivity index (χ1) is 16.1. The van der Waals surface area contributed by atoms with E-state index in [4.69, 9.17) is 0 Å². The summed E-state index contributed by atoms with van der Waals surface area (Å²) in [6, 6.07) is 13.0. The van der Waals surface area contributed by atoms with Crippen LogP contribution in [0.5, 0.6) is 0 Å². The molecule has 4 rings (SSSR count). The van der Waals surface area contributed by atoms with E-state index < -0.39 is 0 Å². The van der Waals surface area contributed by atoms with Crippen LogP contribution in [0.4, 0.5) is 17.3 Å². The molecule has 170 valence electrons. The Morgan fingerprint density at radius 3 is 2.97 bits per heavy atom. The van der Waals surface area contributed by atoms with Crippen LogP contribution in [-0.4, -0.2) is 50.0 Å². The van der Waals surface area contributed by atoms with Crippen LogP contribution in [0, 0.1) is 0 Å². The molecule has 11 heteroatoms. The monoisotopic (exact) mass is 464 g/mol. The number of thioether (sulfide) groups is 1. The number of rotatable bonds is 9. The summed E-state index contributed by atoms with van der Waals surface area (Å²) in [7, 11) is 0. The van der Waals surface area contributed by atoms with Crippen molar-refractivity contribution < 1.29 is 9.59 Å². The molecular formula is C22H24N8O2S. The van der Waals surface area contributed by atoms with Gasteiger partial charge in [-0.05, 0) is 43.7 Å². The number of anilines is 3. The molecule has 0 unspecified atom stereocenters. The molecule has 2 aromatic heterocycles. The van der Waals surface area contributed by atoms with Gasteiger partial charge in [0.1, 0.15) is 0 Å². The van der Waals surface area contributed by atoms with Crippen molar-refractivity contribution in [3.8, 4) is 0 Å². The number of carbonyl (C=O) groups excluding carboxylic acids is 2. The van der Waals surface area contributed by atoms with Gasteiger partial charge in [-0.15, -0.1) is 5.10 Å². The molecule has 33 heavy (non-hydrogen) atoms. The number of carbonyl (C=O) groups is 2. The second kappa shape index (κ2) is 10.7. The Bertz CT molecular complexity index is 1150. The molecule has 2 amide bonds. The summed E-state index contributed by atoms with van der Waals surface area (Å²) in [4.78, 5) is 34.6. The van der Waals surface area contributed by atoms with Crippen LogP contribution in [-0.2, 0) is 9.59 Å². The van der Waals surface area contributed by atoms with E-state index in [0.717, 1.165) is 23.5 Å². The van der Waals surface area contributed by atoms with Crippen molar-refractivity contribution in [3.63, 3.8) is 0 Å². The van der Waals surface area contributed by atoms with Crippen LogP contribution in [0.25, 0.3) is 0 Å². The van der Waals surface area contributed by atoms with E-state index in [1.807, 2.05) is 49.4 Å². The molecule has 1 fully saturated rings. The van der Waals surface area contributed by atoms with E-state index in [-0.39, 0.29) is 11.8 Å². The predicted octanol–water partition coefficient (Wildman–Crippen LogP) is 3.28. The molecule has 0 saturated carbocycles. The molecule has 1 saturated heterocycles. The maximum absolute atomic E-state index is 12.3. The summed E-state index contributed by atoms with van der Waals surface area (Å²) < 4.78 is 0. The number of aromatic amines is 1. The van der Waals surface area contributed by atoms with Crippen molar-refractivity contribution in [2.75, 3.05) is 27.9 Å². The lowest BCUT2D eigenvalue weighted by Gasteiger charge is -2.16. The van der Waals surface area contributed by atoms with E-state index in [9.17, 15) is 9.59 Å². The summed E-state index contributed by atoms with van der Waals surface area (Å²) in [5.74, 6) is 0.930. The summed E-state index contributed by atoms with van der Waals surface area (Å²) in [6.45, 7) is 2.56. The van der Waals surface area contributed by atoms with Gasteiger partial charge in [-0.25, -0.2) is 10.5 Å². The smallest absolute Gasteiger partial charge is 0.240 e. The molecule has 0 bridgehead atoms. The van der Waals surface area contributed by atoms with Crippen molar-refractivity contribution in [2.24, 2.45) is 5.10 Å². The molecular weight excluding hydrogens is 440 g/mol. The minimum atomic E-state index is -0.114. The average Bonchev–Trinajstić information content (AvgIpc) is 3.47. The lowest BCUT2D eigenvalue weighted by Crippen LogP contribution is -2.23. The van der Waals surface area contributed by atoms with Crippen molar-refractivity contribution in [2.45, 2.75) is 31.3 Å². The predicted molar refractivity (Wildman–Crippen MR) is 128 cm³/mol. The quantitative estimate of drug-likeness (QED) is 0.252. The first-order valence-electron chi connectivity index (χ1n) is 10.6. The van der Waals surface area contributed by atoms with Crippen molar-refractivity contribution in [3.05, 3.63) is 54.4 Å². The molecule has 0 aliphatic carbocycles. The molecule has 1 aliphatic heterocycles. The number of amides is 2. The van der Waals surface area contributed by atoms with Gasteiger partial charge in [0.25, 0.3) is 0 Å². The Hall–Kier alpha value is -3.73. The Balaban J connectivity index is 1.23. The largest absolute Gasteiger partial charge is 0.326 e. The van der Waals surface area contributed by atoms with Crippen LogP contribution in [0.2, 0.25) is 0 Å². The number of pyridine rings is 1. The van der Waals surface area contributed by atoms with Gasteiger partial charge in [0.05, 0.1) is 11.4 Å². The molecule has 3 aromatic rings. The highest BCUT2D eigenvalue weighted by atomic mass is 32.2. The topological polar surface area (TPSA) is 128 Å². The van der Waals surface area contributed by atoms with Gasteiger partial charge in [-0.1, -0.05) is 23.9 Å². The lowest BCUT2D eigenvalue weighted by molar-refractivity contribution is -0.117. The van der Waals surface area contributed by atoms with E-state index >= 15 is 0 Å². The Kier molecular flexibility index (Phi) is 7.30. The van der Waals surface area contributed by atoms with Crippen molar-refractivity contribution >= 4 is 46.6 Å². The third-order valence-corrected chi connectivity index (χ3v) is 5.75. The summed E-state index contributed by atoms with van der Waals surface area (Å²) >= 11 is 1.37. The molecule has 3 N–H and O–H groups in total. The average molecular weight is 465 g/mol. The van der Waals surface area contributed by atoms with Gasteiger partial charge in [-0.3, -0.25) is 14.6 Å². The van der Waals surface area contributed by atoms with Gasteiger partial charge >= 0.3 is 0 Å². The standard InChI is InChI=1S/C22H24N8O2S/c1-15(18-8-2-3-11-23-18)26-27-21-25-22(29-28-21)33-13-10-19(31)24-16-6-4-7-17(14-16)30-12-5-9-20(30)32/h2-4,6-8,11,14H,5,9-10,12-13H2,1H3,(H,24,31)(H2,25,27,28,29)/b26-15-. The third kappa shape index (κ3) is 6.16. The minimum Gasteiger partial charge on any atom is -0.326 e. The summed E-state index contributed by atoms with van der Waals surface area (Å²) in [6.07, 6.45) is 3.44. The number of benzene rings is 1. The highest BCUT2D eigenvalue weighted by Crippen LogP contribution is 2.24. The number of hydrogen-bond donors (Lipinski definition) is 3. The highest BCUT2D eigenvalue weighted by molar-refractivity contribution is 7.99. The van der Waals surface area contributed by atoms with Crippen LogP contribution in [0.1, 0.15) is 31.9 Å². The zero-order chi connectivity index (χ0) is 23.0. The summed E-state index contributed by atoms with van der Waals surface area (Å²) in [5.41, 5.74) is 5.80. The van der Waals surface area contributed by atoms with E-state index in [0.29, 0.717) is 41.9 Å². The second-order valence-corrected chi connectivity index (χ2v) is 8.40. The number of H-pyrrole nitrogens is 1. The van der Waals surface area contributed by atoms with Gasteiger partial charge in [0, 0.05) is 42.7 Å². The number of hydrogen-bond acceptors (Lipinski definition) is 8. The fourth-order valence-corrected chi connectivity index (χ4v) is 4.00. The number of hydrazone groups is 1.